The Hall–Kier alpha value is -1.60. The van der Waals surface area contributed by atoms with Crippen LogP contribution in [0.25, 0.3) is 0 Å². The van der Waals surface area contributed by atoms with Crippen molar-refractivity contribution in [2.24, 2.45) is 0 Å². The summed E-state index contributed by atoms with van der Waals surface area (Å²) >= 11 is 3.36. The fraction of sp³-hybridized carbons (Fsp3) is 0.385. The highest BCUT2D eigenvalue weighted by molar-refractivity contribution is 9.10. The molecule has 1 atom stereocenters. The monoisotopic (exact) mass is 344 g/mol. The van der Waals surface area contributed by atoms with Gasteiger partial charge in [-0.25, -0.2) is 4.79 Å². The van der Waals surface area contributed by atoms with Crippen LogP contribution in [0.5, 0.6) is 0 Å². The Kier molecular flexibility index (Phi) is 5.52. The van der Waals surface area contributed by atoms with Crippen molar-refractivity contribution in [1.29, 1.82) is 0 Å². The predicted octanol–water partition coefficient (Wildman–Crippen LogP) is 2.10. The average molecular weight is 345 g/mol. The Morgan fingerprint density at radius 1 is 1.40 bits per heavy atom. The van der Waals surface area contributed by atoms with Crippen LogP contribution in [0.3, 0.4) is 0 Å². The maximum Gasteiger partial charge on any atom is 0.319 e. The third-order valence-electron chi connectivity index (χ3n) is 2.58. The number of anilines is 1. The van der Waals surface area contributed by atoms with E-state index < -0.39 is 24.0 Å². The van der Waals surface area contributed by atoms with Gasteiger partial charge >= 0.3 is 12.0 Å². The van der Waals surface area contributed by atoms with E-state index in [-0.39, 0.29) is 6.54 Å². The van der Waals surface area contributed by atoms with Crippen molar-refractivity contribution in [2.45, 2.75) is 25.9 Å². The van der Waals surface area contributed by atoms with Crippen LogP contribution in [0.2, 0.25) is 0 Å². The third-order valence-corrected chi connectivity index (χ3v) is 3.47. The molecule has 7 heteroatoms. The maximum absolute atomic E-state index is 11.6. The van der Waals surface area contributed by atoms with Crippen LogP contribution in [0.15, 0.2) is 22.7 Å². The average Bonchev–Trinajstić information content (AvgIpc) is 2.30. The number of aryl methyl sites for hydroxylation is 1. The van der Waals surface area contributed by atoms with Gasteiger partial charge in [-0.3, -0.25) is 4.79 Å². The zero-order valence-corrected chi connectivity index (χ0v) is 12.8. The summed E-state index contributed by atoms with van der Waals surface area (Å²) in [6.07, 6.45) is -0.440. The molecule has 110 valence electrons. The first-order chi connectivity index (χ1) is 9.19. The van der Waals surface area contributed by atoms with Crippen LogP contribution < -0.4 is 10.6 Å². The molecule has 0 aliphatic heterocycles. The number of halogens is 1. The number of carboxylic acids is 1. The number of rotatable bonds is 5. The Balaban J connectivity index is 2.51. The molecule has 0 saturated carbocycles. The first-order valence-electron chi connectivity index (χ1n) is 5.95. The number of aliphatic carboxylic acids is 1. The minimum absolute atomic E-state index is 0.152. The summed E-state index contributed by atoms with van der Waals surface area (Å²) in [6.45, 7) is 3.09. The quantitative estimate of drug-likeness (QED) is 0.657. The maximum atomic E-state index is 11.6. The molecule has 4 N–H and O–H groups in total. The van der Waals surface area contributed by atoms with E-state index in [0.717, 1.165) is 10.0 Å². The molecule has 2 amide bonds. The summed E-state index contributed by atoms with van der Waals surface area (Å²) in [6, 6.07) is 4.83. The van der Waals surface area contributed by atoms with Crippen molar-refractivity contribution in [3.8, 4) is 0 Å². The highest BCUT2D eigenvalue weighted by atomic mass is 79.9. The number of carbonyl (C=O) groups is 2. The summed E-state index contributed by atoms with van der Waals surface area (Å²) in [5, 5.41) is 23.4. The van der Waals surface area contributed by atoms with Crippen LogP contribution >= 0.6 is 15.9 Å². The van der Waals surface area contributed by atoms with Crippen molar-refractivity contribution < 1.29 is 19.8 Å². The normalized spacial score (nSPS) is 13.4. The summed E-state index contributed by atoms with van der Waals surface area (Å²) in [5.74, 6) is -1.12. The van der Waals surface area contributed by atoms with Gasteiger partial charge in [0.2, 0.25) is 0 Å². The lowest BCUT2D eigenvalue weighted by molar-refractivity contribution is -0.141. The molecule has 1 unspecified atom stereocenters. The van der Waals surface area contributed by atoms with E-state index >= 15 is 0 Å². The van der Waals surface area contributed by atoms with Crippen molar-refractivity contribution in [1.82, 2.24) is 5.32 Å². The number of amides is 2. The Morgan fingerprint density at radius 2 is 2.05 bits per heavy atom. The molecule has 1 aromatic carbocycles. The van der Waals surface area contributed by atoms with Crippen molar-refractivity contribution in [3.63, 3.8) is 0 Å². The number of benzene rings is 1. The van der Waals surface area contributed by atoms with Gasteiger partial charge in [-0.15, -0.1) is 0 Å². The molecule has 1 aromatic rings. The van der Waals surface area contributed by atoms with Gasteiger partial charge in [0, 0.05) is 16.7 Å². The van der Waals surface area contributed by atoms with Crippen molar-refractivity contribution in [3.05, 3.63) is 28.2 Å². The topological polar surface area (TPSA) is 98.7 Å². The first-order valence-corrected chi connectivity index (χ1v) is 6.74. The van der Waals surface area contributed by atoms with Crippen LogP contribution in [0.1, 0.15) is 18.9 Å². The summed E-state index contributed by atoms with van der Waals surface area (Å²) < 4.78 is 0.938. The lowest BCUT2D eigenvalue weighted by Gasteiger charge is -2.21. The lowest BCUT2D eigenvalue weighted by atomic mass is 10.0. The van der Waals surface area contributed by atoms with Gasteiger partial charge in [0.05, 0.1) is 12.0 Å². The van der Waals surface area contributed by atoms with E-state index in [1.807, 2.05) is 13.0 Å². The fourth-order valence-corrected chi connectivity index (χ4v) is 1.80. The highest BCUT2D eigenvalue weighted by Crippen LogP contribution is 2.19. The standard InChI is InChI=1S/C13H17BrN2O4/c1-8-5-9(3-4-10(8)14)16-12(19)15-7-13(2,20)6-11(17)18/h3-5,20H,6-7H2,1-2H3,(H,17,18)(H2,15,16,19). The lowest BCUT2D eigenvalue weighted by Crippen LogP contribution is -2.43. The SMILES string of the molecule is Cc1cc(NC(=O)NCC(C)(O)CC(=O)O)ccc1Br. The van der Waals surface area contributed by atoms with E-state index in [0.29, 0.717) is 5.69 Å². The Bertz CT molecular complexity index is 517. The number of aliphatic hydroxyl groups is 1. The molecule has 0 aromatic heterocycles. The molecule has 6 nitrogen and oxygen atoms in total. The number of urea groups is 1. The van der Waals surface area contributed by atoms with Gasteiger partial charge in [0.1, 0.15) is 0 Å². The fourth-order valence-electron chi connectivity index (χ4n) is 1.56. The second-order valence-corrected chi connectivity index (χ2v) is 5.69. The third kappa shape index (κ3) is 5.58. The molecule has 0 fully saturated rings. The number of hydrogen-bond donors (Lipinski definition) is 4. The molecule has 0 saturated heterocycles. The second kappa shape index (κ2) is 6.71. The Morgan fingerprint density at radius 3 is 2.60 bits per heavy atom. The van der Waals surface area contributed by atoms with E-state index in [2.05, 4.69) is 26.6 Å². The number of carbonyl (C=O) groups excluding carboxylic acids is 1. The highest BCUT2D eigenvalue weighted by Gasteiger charge is 2.24. The van der Waals surface area contributed by atoms with Crippen LogP contribution in [0, 0.1) is 6.92 Å². The van der Waals surface area contributed by atoms with E-state index in [1.165, 1.54) is 6.92 Å². The molecule has 1 rings (SSSR count). The minimum atomic E-state index is -1.49. The molecule has 0 aliphatic rings. The predicted molar refractivity (Wildman–Crippen MR) is 78.8 cm³/mol. The largest absolute Gasteiger partial charge is 0.481 e. The summed E-state index contributed by atoms with van der Waals surface area (Å²) in [7, 11) is 0. The van der Waals surface area contributed by atoms with Crippen LogP contribution in [0.4, 0.5) is 10.5 Å². The molecule has 0 bridgehead atoms. The van der Waals surface area contributed by atoms with Crippen LogP contribution in [-0.2, 0) is 4.79 Å². The first kappa shape index (κ1) is 16.5. The number of carboxylic acid groups (broad SMARTS) is 1. The van der Waals surface area contributed by atoms with E-state index in [1.54, 1.807) is 12.1 Å². The van der Waals surface area contributed by atoms with Gasteiger partial charge in [-0.1, -0.05) is 15.9 Å². The van der Waals surface area contributed by atoms with E-state index in [4.69, 9.17) is 5.11 Å². The van der Waals surface area contributed by atoms with Crippen LogP contribution in [-0.4, -0.2) is 34.4 Å². The molecule has 0 heterocycles. The molecular formula is C13H17BrN2O4. The van der Waals surface area contributed by atoms with Gasteiger partial charge in [-0.2, -0.15) is 0 Å². The molecule has 0 spiro atoms. The zero-order valence-electron chi connectivity index (χ0n) is 11.2. The number of hydrogen-bond acceptors (Lipinski definition) is 3. The van der Waals surface area contributed by atoms with Crippen molar-refractivity contribution in [2.75, 3.05) is 11.9 Å². The Labute approximate surface area is 125 Å². The van der Waals surface area contributed by atoms with Gasteiger partial charge in [0.25, 0.3) is 0 Å². The molecule has 0 aliphatic carbocycles. The number of nitrogens with one attached hydrogen (secondary N) is 2. The smallest absolute Gasteiger partial charge is 0.319 e. The summed E-state index contributed by atoms with van der Waals surface area (Å²) in [4.78, 5) is 22.2. The van der Waals surface area contributed by atoms with E-state index in [9.17, 15) is 14.7 Å². The molecule has 20 heavy (non-hydrogen) atoms. The van der Waals surface area contributed by atoms with Crippen molar-refractivity contribution >= 4 is 33.6 Å². The van der Waals surface area contributed by atoms with Gasteiger partial charge in [0.15, 0.2) is 0 Å². The second-order valence-electron chi connectivity index (χ2n) is 4.84. The molecule has 0 radical (unpaired) electrons. The summed E-state index contributed by atoms with van der Waals surface area (Å²) in [5.41, 5.74) is 0.0977. The zero-order chi connectivity index (χ0) is 15.3. The van der Waals surface area contributed by atoms with Gasteiger partial charge in [-0.05, 0) is 37.6 Å². The molecular weight excluding hydrogens is 328 g/mol. The van der Waals surface area contributed by atoms with Gasteiger partial charge < -0.3 is 20.8 Å². The minimum Gasteiger partial charge on any atom is -0.481 e.